The van der Waals surface area contributed by atoms with Gasteiger partial charge in [-0.15, -0.1) is 0 Å². The summed E-state index contributed by atoms with van der Waals surface area (Å²) in [5, 5.41) is 5.60. The predicted octanol–water partition coefficient (Wildman–Crippen LogP) is 4.40. The van der Waals surface area contributed by atoms with E-state index in [1.165, 1.54) is 19.2 Å². The van der Waals surface area contributed by atoms with Crippen molar-refractivity contribution >= 4 is 40.8 Å². The van der Waals surface area contributed by atoms with Gasteiger partial charge < -0.3 is 20.1 Å². The van der Waals surface area contributed by atoms with Crippen LogP contribution in [0, 0.1) is 0 Å². The molecule has 3 rings (SSSR count). The van der Waals surface area contributed by atoms with Gasteiger partial charge in [0.05, 0.1) is 23.4 Å². The summed E-state index contributed by atoms with van der Waals surface area (Å²) in [6.07, 6.45) is 0. The highest BCUT2D eigenvalue weighted by molar-refractivity contribution is 6.32. The van der Waals surface area contributed by atoms with Crippen molar-refractivity contribution in [3.05, 3.63) is 88.9 Å². The average Bonchev–Trinajstić information content (AvgIpc) is 2.78. The van der Waals surface area contributed by atoms with Crippen molar-refractivity contribution in [1.29, 1.82) is 0 Å². The van der Waals surface area contributed by atoms with Crippen LogP contribution < -0.4 is 15.4 Å². The van der Waals surface area contributed by atoms with E-state index < -0.39 is 18.5 Å². The molecule has 0 aliphatic carbocycles. The van der Waals surface area contributed by atoms with E-state index in [-0.39, 0.29) is 17.2 Å². The van der Waals surface area contributed by atoms with Gasteiger partial charge in [-0.3, -0.25) is 9.59 Å². The Bertz CT molecular complexity index is 1100. The molecule has 0 saturated heterocycles. The number of benzene rings is 3. The second-order valence-corrected chi connectivity index (χ2v) is 6.75. The summed E-state index contributed by atoms with van der Waals surface area (Å²) in [6, 6.07) is 19.7. The minimum Gasteiger partial charge on any atom is -0.495 e. The Morgan fingerprint density at radius 2 is 1.61 bits per heavy atom. The van der Waals surface area contributed by atoms with Crippen LogP contribution >= 0.6 is 11.6 Å². The van der Waals surface area contributed by atoms with Crippen molar-refractivity contribution in [2.45, 2.75) is 0 Å². The summed E-state index contributed by atoms with van der Waals surface area (Å²) in [5.74, 6) is -1.18. The number of ether oxygens (including phenoxy) is 2. The van der Waals surface area contributed by atoms with Crippen molar-refractivity contribution < 1.29 is 23.9 Å². The molecular weight excluding hydrogens is 420 g/mol. The highest BCUT2D eigenvalue weighted by Gasteiger charge is 2.16. The van der Waals surface area contributed by atoms with Crippen LogP contribution in [0.5, 0.6) is 5.75 Å². The molecule has 8 heteroatoms. The summed E-state index contributed by atoms with van der Waals surface area (Å²) in [6.45, 7) is -0.510. The number of methoxy groups -OCH3 is 1. The van der Waals surface area contributed by atoms with E-state index in [1.54, 1.807) is 60.7 Å². The number of amides is 2. The lowest BCUT2D eigenvalue weighted by atomic mass is 10.1. The van der Waals surface area contributed by atoms with Crippen molar-refractivity contribution in [1.82, 2.24) is 0 Å². The zero-order valence-electron chi connectivity index (χ0n) is 16.6. The maximum atomic E-state index is 12.5. The molecule has 0 atom stereocenters. The van der Waals surface area contributed by atoms with Crippen LogP contribution in [-0.2, 0) is 9.53 Å². The molecule has 0 spiro atoms. The van der Waals surface area contributed by atoms with Crippen LogP contribution in [0.25, 0.3) is 0 Å². The van der Waals surface area contributed by atoms with Gasteiger partial charge in [0.2, 0.25) is 0 Å². The van der Waals surface area contributed by atoms with Crippen LogP contribution in [0.4, 0.5) is 11.4 Å². The quantitative estimate of drug-likeness (QED) is 0.533. The zero-order chi connectivity index (χ0) is 22.2. The second kappa shape index (κ2) is 10.3. The summed E-state index contributed by atoms with van der Waals surface area (Å²) in [4.78, 5) is 37.0. The van der Waals surface area contributed by atoms with E-state index in [0.717, 1.165) is 0 Å². The molecule has 3 aromatic rings. The molecular formula is C23H19ClN2O5. The van der Waals surface area contributed by atoms with Crippen LogP contribution in [0.1, 0.15) is 20.7 Å². The third kappa shape index (κ3) is 5.83. The highest BCUT2D eigenvalue weighted by atomic mass is 35.5. The van der Waals surface area contributed by atoms with Gasteiger partial charge in [-0.1, -0.05) is 41.9 Å². The Balaban J connectivity index is 1.61. The number of hydrogen-bond acceptors (Lipinski definition) is 5. The number of esters is 1. The fraction of sp³-hybridized carbons (Fsp3) is 0.0870. The molecule has 2 N–H and O–H groups in total. The maximum Gasteiger partial charge on any atom is 0.340 e. The van der Waals surface area contributed by atoms with Gasteiger partial charge in [-0.2, -0.15) is 0 Å². The first-order valence-corrected chi connectivity index (χ1v) is 9.61. The standard InChI is InChI=1S/C23H19ClN2O5/c1-30-20-12-11-16(13-18(20)24)25-21(27)14-31-23(29)17-9-5-6-10-19(17)26-22(28)15-7-3-2-4-8-15/h2-13H,14H2,1H3,(H,25,27)(H,26,28). The first-order valence-electron chi connectivity index (χ1n) is 9.24. The number of anilines is 2. The smallest absolute Gasteiger partial charge is 0.340 e. The number of halogens is 1. The molecule has 0 bridgehead atoms. The molecule has 0 aliphatic rings. The first kappa shape index (κ1) is 21.9. The minimum absolute atomic E-state index is 0.132. The van der Waals surface area contributed by atoms with Crippen molar-refractivity contribution in [3.63, 3.8) is 0 Å². The van der Waals surface area contributed by atoms with Gasteiger partial charge in [0.25, 0.3) is 11.8 Å². The fourth-order valence-corrected chi connectivity index (χ4v) is 2.96. The average molecular weight is 439 g/mol. The molecule has 0 radical (unpaired) electrons. The van der Waals surface area contributed by atoms with Gasteiger partial charge in [-0.25, -0.2) is 4.79 Å². The van der Waals surface area contributed by atoms with Gasteiger partial charge in [0, 0.05) is 11.3 Å². The number of carbonyl (C=O) groups excluding carboxylic acids is 3. The Kier molecular flexibility index (Phi) is 7.24. The number of rotatable bonds is 7. The largest absolute Gasteiger partial charge is 0.495 e. The third-order valence-corrected chi connectivity index (χ3v) is 4.50. The molecule has 0 aromatic heterocycles. The minimum atomic E-state index is -0.744. The van der Waals surface area contributed by atoms with Crippen LogP contribution in [0.2, 0.25) is 5.02 Å². The molecule has 2 amide bonds. The molecule has 158 valence electrons. The highest BCUT2D eigenvalue weighted by Crippen LogP contribution is 2.27. The molecule has 31 heavy (non-hydrogen) atoms. The number of nitrogens with one attached hydrogen (secondary N) is 2. The van der Waals surface area contributed by atoms with Crippen molar-refractivity contribution in [3.8, 4) is 5.75 Å². The van der Waals surface area contributed by atoms with E-state index in [0.29, 0.717) is 22.0 Å². The normalized spacial score (nSPS) is 10.1. The van der Waals surface area contributed by atoms with Gasteiger partial charge >= 0.3 is 5.97 Å². The van der Waals surface area contributed by atoms with Crippen LogP contribution in [0.3, 0.4) is 0 Å². The van der Waals surface area contributed by atoms with Crippen LogP contribution in [-0.4, -0.2) is 31.5 Å². The fourth-order valence-electron chi connectivity index (χ4n) is 2.70. The predicted molar refractivity (Wildman–Crippen MR) is 118 cm³/mol. The lowest BCUT2D eigenvalue weighted by Gasteiger charge is -2.11. The Morgan fingerprint density at radius 3 is 2.32 bits per heavy atom. The topological polar surface area (TPSA) is 93.7 Å². The SMILES string of the molecule is COc1ccc(NC(=O)COC(=O)c2ccccc2NC(=O)c2ccccc2)cc1Cl. The van der Waals surface area contributed by atoms with Crippen LogP contribution in [0.15, 0.2) is 72.8 Å². The number of para-hydroxylation sites is 1. The Hall–Kier alpha value is -3.84. The molecule has 0 unspecified atom stereocenters. The Labute approximate surface area is 183 Å². The molecule has 0 fully saturated rings. The molecule has 7 nitrogen and oxygen atoms in total. The second-order valence-electron chi connectivity index (χ2n) is 6.34. The maximum absolute atomic E-state index is 12.5. The summed E-state index contributed by atoms with van der Waals surface area (Å²) >= 11 is 6.03. The molecule has 0 saturated carbocycles. The van der Waals surface area contributed by atoms with E-state index in [2.05, 4.69) is 10.6 Å². The molecule has 0 heterocycles. The van der Waals surface area contributed by atoms with E-state index in [4.69, 9.17) is 21.1 Å². The monoisotopic (exact) mass is 438 g/mol. The molecule has 3 aromatic carbocycles. The van der Waals surface area contributed by atoms with Crippen molar-refractivity contribution in [2.75, 3.05) is 24.4 Å². The third-order valence-electron chi connectivity index (χ3n) is 4.20. The number of hydrogen-bond donors (Lipinski definition) is 2. The van der Waals surface area contributed by atoms with Crippen molar-refractivity contribution in [2.24, 2.45) is 0 Å². The van der Waals surface area contributed by atoms with Gasteiger partial charge in [0.15, 0.2) is 6.61 Å². The zero-order valence-corrected chi connectivity index (χ0v) is 17.3. The summed E-state index contributed by atoms with van der Waals surface area (Å²) < 4.78 is 10.2. The van der Waals surface area contributed by atoms with E-state index in [9.17, 15) is 14.4 Å². The summed E-state index contributed by atoms with van der Waals surface area (Å²) in [7, 11) is 1.49. The summed E-state index contributed by atoms with van der Waals surface area (Å²) in [5.41, 5.74) is 1.29. The van der Waals surface area contributed by atoms with E-state index >= 15 is 0 Å². The first-order chi connectivity index (χ1) is 15.0. The number of carbonyl (C=O) groups is 3. The van der Waals surface area contributed by atoms with Gasteiger partial charge in [0.1, 0.15) is 5.75 Å². The lowest BCUT2D eigenvalue weighted by molar-refractivity contribution is -0.119. The van der Waals surface area contributed by atoms with E-state index in [1.807, 2.05) is 0 Å². The molecule has 0 aliphatic heterocycles. The lowest BCUT2D eigenvalue weighted by Crippen LogP contribution is -2.22. The Morgan fingerprint density at radius 1 is 0.903 bits per heavy atom. The van der Waals surface area contributed by atoms with Gasteiger partial charge in [-0.05, 0) is 42.5 Å².